The summed E-state index contributed by atoms with van der Waals surface area (Å²) in [6.45, 7) is 2.42. The van der Waals surface area contributed by atoms with Crippen LogP contribution in [0.2, 0.25) is 0 Å². The lowest BCUT2D eigenvalue weighted by molar-refractivity contribution is 0.113. The zero-order valence-corrected chi connectivity index (χ0v) is 13.1. The largest absolute Gasteiger partial charge is 0.396 e. The van der Waals surface area contributed by atoms with Crippen molar-refractivity contribution < 1.29 is 5.11 Å². The van der Waals surface area contributed by atoms with Gasteiger partial charge in [0.15, 0.2) is 0 Å². The molecule has 1 aliphatic heterocycles. The zero-order chi connectivity index (χ0) is 13.8. The number of nitrogens with zero attached hydrogens (tertiary/aromatic N) is 2. The summed E-state index contributed by atoms with van der Waals surface area (Å²) in [6.07, 6.45) is 6.71. The maximum Gasteiger partial charge on any atom is 0.124 e. The molecule has 0 radical (unpaired) electrons. The van der Waals surface area contributed by atoms with Crippen molar-refractivity contribution in [2.75, 3.05) is 13.2 Å². The molecule has 3 rings (SSSR count). The molecule has 1 fully saturated rings. The molecule has 2 aromatic rings. The van der Waals surface area contributed by atoms with Crippen LogP contribution in [0.1, 0.15) is 30.6 Å². The van der Waals surface area contributed by atoms with E-state index >= 15 is 0 Å². The van der Waals surface area contributed by atoms with E-state index < -0.39 is 0 Å². The van der Waals surface area contributed by atoms with Crippen molar-refractivity contribution >= 4 is 22.7 Å². The lowest BCUT2D eigenvalue weighted by atomic mass is 10.00. The molecule has 20 heavy (non-hydrogen) atoms. The highest BCUT2D eigenvalue weighted by Crippen LogP contribution is 2.29. The van der Waals surface area contributed by atoms with Crippen LogP contribution in [0.15, 0.2) is 23.0 Å². The van der Waals surface area contributed by atoms with Gasteiger partial charge >= 0.3 is 0 Å². The van der Waals surface area contributed by atoms with Gasteiger partial charge < -0.3 is 5.11 Å². The molecule has 3 heterocycles. The summed E-state index contributed by atoms with van der Waals surface area (Å²) >= 11 is 3.51. The fourth-order valence-corrected chi connectivity index (χ4v) is 4.49. The average molecular weight is 308 g/mol. The number of aliphatic hydroxyl groups is 1. The standard InChI is InChI=1S/C15H20N2OS2/c18-7-4-13-3-1-2-6-17(13)10-14-9-16-15(20-14)12-5-8-19-11-12/h5,8-9,11,13,18H,1-4,6-7,10H2. The van der Waals surface area contributed by atoms with Crippen molar-refractivity contribution in [1.29, 1.82) is 0 Å². The number of thiophene rings is 1. The first-order chi connectivity index (χ1) is 9.86. The molecule has 3 nitrogen and oxygen atoms in total. The summed E-state index contributed by atoms with van der Waals surface area (Å²) in [5.74, 6) is 0. The van der Waals surface area contributed by atoms with Crippen molar-refractivity contribution in [3.05, 3.63) is 27.9 Å². The van der Waals surface area contributed by atoms with Gasteiger partial charge in [-0.05, 0) is 37.3 Å². The Morgan fingerprint density at radius 3 is 3.15 bits per heavy atom. The summed E-state index contributed by atoms with van der Waals surface area (Å²) in [5.41, 5.74) is 1.23. The van der Waals surface area contributed by atoms with Crippen molar-refractivity contribution in [2.45, 2.75) is 38.3 Å². The van der Waals surface area contributed by atoms with Gasteiger partial charge in [0.25, 0.3) is 0 Å². The maximum absolute atomic E-state index is 9.20. The molecule has 108 valence electrons. The minimum Gasteiger partial charge on any atom is -0.396 e. The molecular formula is C15H20N2OS2. The summed E-state index contributed by atoms with van der Waals surface area (Å²) in [6, 6.07) is 2.67. The number of aliphatic hydroxyl groups excluding tert-OH is 1. The Morgan fingerprint density at radius 2 is 2.35 bits per heavy atom. The van der Waals surface area contributed by atoms with Crippen molar-refractivity contribution in [3.8, 4) is 10.6 Å². The van der Waals surface area contributed by atoms with Crippen LogP contribution in [0.3, 0.4) is 0 Å². The van der Waals surface area contributed by atoms with Gasteiger partial charge in [0.2, 0.25) is 0 Å². The highest BCUT2D eigenvalue weighted by molar-refractivity contribution is 7.15. The van der Waals surface area contributed by atoms with Crippen molar-refractivity contribution in [2.24, 2.45) is 0 Å². The van der Waals surface area contributed by atoms with Gasteiger partial charge in [-0.2, -0.15) is 11.3 Å². The van der Waals surface area contributed by atoms with Crippen LogP contribution in [0.4, 0.5) is 0 Å². The van der Waals surface area contributed by atoms with Gasteiger partial charge in [-0.3, -0.25) is 4.90 Å². The first-order valence-electron chi connectivity index (χ1n) is 7.19. The van der Waals surface area contributed by atoms with E-state index in [-0.39, 0.29) is 0 Å². The second-order valence-electron chi connectivity index (χ2n) is 5.28. The van der Waals surface area contributed by atoms with Crippen LogP contribution in [0, 0.1) is 0 Å². The zero-order valence-electron chi connectivity index (χ0n) is 11.5. The molecule has 2 aromatic heterocycles. The van der Waals surface area contributed by atoms with Crippen molar-refractivity contribution in [1.82, 2.24) is 9.88 Å². The van der Waals surface area contributed by atoms with E-state index in [1.54, 1.807) is 22.7 Å². The molecule has 0 bridgehead atoms. The number of hydrogen-bond acceptors (Lipinski definition) is 5. The number of thiazole rings is 1. The van der Waals surface area contributed by atoms with Crippen molar-refractivity contribution in [3.63, 3.8) is 0 Å². The molecular weight excluding hydrogens is 288 g/mol. The Labute approximate surface area is 127 Å². The highest BCUT2D eigenvalue weighted by atomic mass is 32.1. The smallest absolute Gasteiger partial charge is 0.124 e. The van der Waals surface area contributed by atoms with E-state index in [4.69, 9.17) is 0 Å². The van der Waals surface area contributed by atoms with E-state index in [0.717, 1.165) is 24.5 Å². The van der Waals surface area contributed by atoms with Gasteiger partial charge in [-0.15, -0.1) is 11.3 Å². The topological polar surface area (TPSA) is 36.4 Å². The second-order valence-corrected chi connectivity index (χ2v) is 7.17. The predicted octanol–water partition coefficient (Wildman–Crippen LogP) is 3.61. The molecule has 1 unspecified atom stereocenters. The fraction of sp³-hybridized carbons (Fsp3) is 0.533. The SMILES string of the molecule is OCCC1CCCCN1Cc1cnc(-c2ccsc2)s1. The Hall–Kier alpha value is -0.750. The molecule has 0 aliphatic carbocycles. The number of rotatable bonds is 5. The molecule has 5 heteroatoms. The van der Waals surface area contributed by atoms with E-state index in [1.165, 1.54) is 29.7 Å². The Morgan fingerprint density at radius 1 is 1.40 bits per heavy atom. The number of hydrogen-bond donors (Lipinski definition) is 1. The van der Waals surface area contributed by atoms with E-state index in [0.29, 0.717) is 12.6 Å². The van der Waals surface area contributed by atoms with Gasteiger partial charge in [0, 0.05) is 41.2 Å². The van der Waals surface area contributed by atoms with E-state index in [1.807, 2.05) is 6.20 Å². The quantitative estimate of drug-likeness (QED) is 0.916. The predicted molar refractivity (Wildman–Crippen MR) is 85.2 cm³/mol. The Kier molecular flexibility index (Phi) is 4.83. The Balaban J connectivity index is 1.67. The molecule has 0 amide bonds. The molecule has 0 spiro atoms. The minimum atomic E-state index is 0.296. The summed E-state index contributed by atoms with van der Waals surface area (Å²) in [5, 5.41) is 14.6. The molecule has 1 aliphatic rings. The lowest BCUT2D eigenvalue weighted by Crippen LogP contribution is -2.39. The Bertz CT molecular complexity index is 522. The van der Waals surface area contributed by atoms with Gasteiger partial charge in [-0.1, -0.05) is 6.42 Å². The molecule has 1 N–H and O–H groups in total. The summed E-state index contributed by atoms with van der Waals surface area (Å²) in [4.78, 5) is 8.39. The van der Waals surface area contributed by atoms with Crippen LogP contribution in [-0.2, 0) is 6.54 Å². The summed E-state index contributed by atoms with van der Waals surface area (Å²) in [7, 11) is 0. The van der Waals surface area contributed by atoms with E-state index in [2.05, 4.69) is 26.7 Å². The van der Waals surface area contributed by atoms with Gasteiger partial charge in [0.1, 0.15) is 5.01 Å². The molecule has 0 saturated carbocycles. The summed E-state index contributed by atoms with van der Waals surface area (Å²) < 4.78 is 0. The van der Waals surface area contributed by atoms with Crippen LogP contribution in [-0.4, -0.2) is 34.2 Å². The van der Waals surface area contributed by atoms with Gasteiger partial charge in [-0.25, -0.2) is 4.98 Å². The fourth-order valence-electron chi connectivity index (χ4n) is 2.84. The monoisotopic (exact) mass is 308 g/mol. The first-order valence-corrected chi connectivity index (χ1v) is 8.95. The molecule has 1 atom stereocenters. The first kappa shape index (κ1) is 14.2. The normalized spacial score (nSPS) is 20.4. The third-order valence-electron chi connectivity index (χ3n) is 3.89. The minimum absolute atomic E-state index is 0.296. The van der Waals surface area contributed by atoms with Crippen LogP contribution in [0.25, 0.3) is 10.6 Å². The van der Waals surface area contributed by atoms with Crippen LogP contribution >= 0.6 is 22.7 Å². The van der Waals surface area contributed by atoms with Crippen LogP contribution < -0.4 is 0 Å². The number of piperidine rings is 1. The average Bonchev–Trinajstić information content (AvgIpc) is 3.12. The lowest BCUT2D eigenvalue weighted by Gasteiger charge is -2.35. The third kappa shape index (κ3) is 3.28. The third-order valence-corrected chi connectivity index (χ3v) is 5.61. The number of aromatic nitrogens is 1. The van der Waals surface area contributed by atoms with Gasteiger partial charge in [0.05, 0.1) is 0 Å². The second kappa shape index (κ2) is 6.80. The highest BCUT2D eigenvalue weighted by Gasteiger charge is 2.22. The molecule has 1 saturated heterocycles. The van der Waals surface area contributed by atoms with Crippen LogP contribution in [0.5, 0.6) is 0 Å². The number of likely N-dealkylation sites (tertiary alicyclic amines) is 1. The van der Waals surface area contributed by atoms with E-state index in [9.17, 15) is 5.11 Å². The molecule has 0 aromatic carbocycles. The maximum atomic E-state index is 9.20.